The fourth-order valence-electron chi connectivity index (χ4n) is 3.22. The molecule has 1 atom stereocenters. The van der Waals surface area contributed by atoms with Crippen molar-refractivity contribution in [3.63, 3.8) is 0 Å². The number of urea groups is 1. The van der Waals surface area contributed by atoms with E-state index in [1.54, 1.807) is 0 Å². The van der Waals surface area contributed by atoms with Crippen molar-refractivity contribution in [1.82, 2.24) is 5.32 Å². The van der Waals surface area contributed by atoms with Crippen molar-refractivity contribution in [1.29, 1.82) is 0 Å². The Balaban J connectivity index is 1.62. The minimum Gasteiger partial charge on any atom is -0.381 e. The number of amides is 2. The van der Waals surface area contributed by atoms with Crippen LogP contribution >= 0.6 is 0 Å². The monoisotopic (exact) mass is 296 g/mol. The zero-order valence-corrected chi connectivity index (χ0v) is 11.6. The van der Waals surface area contributed by atoms with Gasteiger partial charge in [0.25, 0.3) is 0 Å². The highest BCUT2D eigenvalue weighted by Gasteiger charge is 2.48. The number of ether oxygens (including phenoxy) is 1. The predicted molar refractivity (Wildman–Crippen MR) is 74.0 cm³/mol. The van der Waals surface area contributed by atoms with E-state index in [4.69, 9.17) is 4.74 Å². The molecule has 1 heterocycles. The van der Waals surface area contributed by atoms with Gasteiger partial charge in [-0.05, 0) is 43.2 Å². The Hall–Kier alpha value is -1.69. The first-order valence-corrected chi connectivity index (χ1v) is 7.20. The number of benzene rings is 1. The molecule has 1 aliphatic carbocycles. The maximum Gasteiger partial charge on any atom is 0.319 e. The number of anilines is 1. The van der Waals surface area contributed by atoms with Gasteiger partial charge in [0.2, 0.25) is 0 Å². The molecule has 2 fully saturated rings. The molecule has 1 saturated heterocycles. The summed E-state index contributed by atoms with van der Waals surface area (Å²) in [6.45, 7) is 1.42. The van der Waals surface area contributed by atoms with E-state index in [9.17, 15) is 13.6 Å². The van der Waals surface area contributed by atoms with E-state index in [0.717, 1.165) is 37.8 Å². The summed E-state index contributed by atoms with van der Waals surface area (Å²) < 4.78 is 32.3. The van der Waals surface area contributed by atoms with Gasteiger partial charge in [-0.25, -0.2) is 13.6 Å². The molecular weight excluding hydrogens is 278 g/mol. The van der Waals surface area contributed by atoms with Gasteiger partial charge in [0, 0.05) is 19.3 Å². The number of carbonyl (C=O) groups excluding carboxylic acids is 1. The van der Waals surface area contributed by atoms with Crippen LogP contribution in [-0.2, 0) is 4.74 Å². The normalized spacial score (nSPS) is 23.4. The summed E-state index contributed by atoms with van der Waals surface area (Å²) in [5.74, 6) is -1.56. The maximum atomic E-state index is 13.5. The minimum absolute atomic E-state index is 0.0521. The molecule has 2 N–H and O–H groups in total. The second kappa shape index (κ2) is 5.60. The van der Waals surface area contributed by atoms with E-state index >= 15 is 0 Å². The second-order valence-corrected chi connectivity index (χ2v) is 5.76. The summed E-state index contributed by atoms with van der Waals surface area (Å²) in [6, 6.07) is 2.98. The van der Waals surface area contributed by atoms with Gasteiger partial charge in [-0.3, -0.25) is 0 Å². The van der Waals surface area contributed by atoms with Crippen molar-refractivity contribution in [2.45, 2.75) is 31.7 Å². The van der Waals surface area contributed by atoms with Crippen molar-refractivity contribution in [3.05, 3.63) is 29.8 Å². The average molecular weight is 296 g/mol. The lowest BCUT2D eigenvalue weighted by atomic mass is 9.60. The van der Waals surface area contributed by atoms with E-state index in [1.165, 1.54) is 6.07 Å². The first kappa shape index (κ1) is 14.3. The van der Waals surface area contributed by atoms with Gasteiger partial charge >= 0.3 is 6.03 Å². The van der Waals surface area contributed by atoms with E-state index in [1.807, 2.05) is 0 Å². The summed E-state index contributed by atoms with van der Waals surface area (Å²) in [5, 5.41) is 5.11. The van der Waals surface area contributed by atoms with Gasteiger partial charge < -0.3 is 15.4 Å². The van der Waals surface area contributed by atoms with Gasteiger partial charge in [0.05, 0.1) is 0 Å². The topological polar surface area (TPSA) is 50.4 Å². The van der Waals surface area contributed by atoms with Crippen molar-refractivity contribution in [3.8, 4) is 0 Å². The third kappa shape index (κ3) is 2.72. The van der Waals surface area contributed by atoms with Gasteiger partial charge in [-0.15, -0.1) is 0 Å². The van der Waals surface area contributed by atoms with E-state index in [0.29, 0.717) is 13.2 Å². The van der Waals surface area contributed by atoms with Crippen molar-refractivity contribution in [2.75, 3.05) is 18.5 Å². The van der Waals surface area contributed by atoms with E-state index in [-0.39, 0.29) is 11.5 Å². The molecule has 2 amide bonds. The summed E-state index contributed by atoms with van der Waals surface area (Å²) in [4.78, 5) is 12.0. The van der Waals surface area contributed by atoms with Gasteiger partial charge in [0.1, 0.15) is 17.3 Å². The Kier molecular flexibility index (Phi) is 3.80. The molecule has 6 heteroatoms. The van der Waals surface area contributed by atoms with Crippen LogP contribution in [0.15, 0.2) is 18.2 Å². The molecule has 21 heavy (non-hydrogen) atoms. The van der Waals surface area contributed by atoms with Crippen LogP contribution in [0.3, 0.4) is 0 Å². The first-order valence-electron chi connectivity index (χ1n) is 7.20. The van der Waals surface area contributed by atoms with Crippen LogP contribution in [-0.4, -0.2) is 25.3 Å². The van der Waals surface area contributed by atoms with E-state index < -0.39 is 23.4 Å². The van der Waals surface area contributed by atoms with Crippen LogP contribution in [0.4, 0.5) is 19.3 Å². The third-order valence-corrected chi connectivity index (χ3v) is 4.67. The third-order valence-electron chi connectivity index (χ3n) is 4.67. The summed E-state index contributed by atoms with van der Waals surface area (Å²) in [6.07, 6.45) is 3.81. The quantitative estimate of drug-likeness (QED) is 0.881. The van der Waals surface area contributed by atoms with Crippen molar-refractivity contribution >= 4 is 11.7 Å². The van der Waals surface area contributed by atoms with Gasteiger partial charge in [-0.1, -0.05) is 6.07 Å². The second-order valence-electron chi connectivity index (χ2n) is 5.76. The van der Waals surface area contributed by atoms with E-state index in [2.05, 4.69) is 10.6 Å². The Bertz CT molecular complexity index is 524. The minimum atomic E-state index is -0.778. The maximum absolute atomic E-state index is 13.5. The summed E-state index contributed by atoms with van der Waals surface area (Å²) >= 11 is 0. The Morgan fingerprint density at radius 2 is 1.86 bits per heavy atom. The highest BCUT2D eigenvalue weighted by atomic mass is 19.1. The molecule has 1 spiro atoms. The number of hydrogen-bond acceptors (Lipinski definition) is 2. The molecule has 2 aliphatic rings. The molecule has 0 radical (unpaired) electrons. The number of hydrogen-bond donors (Lipinski definition) is 2. The Labute approximate surface area is 121 Å². The lowest BCUT2D eigenvalue weighted by molar-refractivity contribution is -0.0507. The highest BCUT2D eigenvalue weighted by molar-refractivity contribution is 5.89. The van der Waals surface area contributed by atoms with Gasteiger partial charge in [-0.2, -0.15) is 0 Å². The molecule has 114 valence electrons. The smallest absolute Gasteiger partial charge is 0.319 e. The molecule has 1 aliphatic heterocycles. The lowest BCUT2D eigenvalue weighted by Crippen LogP contribution is -2.58. The molecule has 0 bridgehead atoms. The largest absolute Gasteiger partial charge is 0.381 e. The number of carbonyl (C=O) groups is 1. The first-order chi connectivity index (χ1) is 10.1. The number of nitrogens with one attached hydrogen (secondary N) is 2. The molecular formula is C15H18F2N2O2. The molecule has 4 nitrogen and oxygen atoms in total. The van der Waals surface area contributed by atoms with Crippen LogP contribution in [0.1, 0.15) is 25.7 Å². The summed E-state index contributed by atoms with van der Waals surface area (Å²) in [5.41, 5.74) is -0.307. The van der Waals surface area contributed by atoms with Crippen molar-refractivity contribution in [2.24, 2.45) is 5.41 Å². The fraction of sp³-hybridized carbons (Fsp3) is 0.533. The molecule has 0 aromatic heterocycles. The Morgan fingerprint density at radius 3 is 2.43 bits per heavy atom. The SMILES string of the molecule is O=C(Nc1c(F)cccc1F)NC1CCC12CCOCC2. The van der Waals surface area contributed by atoms with Crippen molar-refractivity contribution < 1.29 is 18.3 Å². The molecule has 1 aromatic carbocycles. The molecule has 1 saturated carbocycles. The molecule has 1 aromatic rings. The lowest BCUT2D eigenvalue weighted by Gasteiger charge is -2.51. The molecule has 3 rings (SSSR count). The zero-order valence-electron chi connectivity index (χ0n) is 11.6. The van der Waals surface area contributed by atoms with Crippen LogP contribution in [0.2, 0.25) is 0 Å². The van der Waals surface area contributed by atoms with Crippen LogP contribution < -0.4 is 10.6 Å². The van der Waals surface area contributed by atoms with Crippen LogP contribution in [0.25, 0.3) is 0 Å². The standard InChI is InChI=1S/C15H18F2N2O2/c16-10-2-1-3-11(17)13(10)19-14(20)18-12-4-5-15(12)6-8-21-9-7-15/h1-3,12H,4-9H2,(H2,18,19,20). The average Bonchev–Trinajstić information content (AvgIpc) is 2.48. The summed E-state index contributed by atoms with van der Waals surface area (Å²) in [7, 11) is 0. The fourth-order valence-corrected chi connectivity index (χ4v) is 3.22. The molecule has 1 unspecified atom stereocenters. The number of halogens is 2. The predicted octanol–water partition coefficient (Wildman–Crippen LogP) is 3.05. The Morgan fingerprint density at radius 1 is 1.19 bits per heavy atom. The van der Waals surface area contributed by atoms with Gasteiger partial charge in [0.15, 0.2) is 0 Å². The number of para-hydroxylation sites is 1. The van der Waals surface area contributed by atoms with Crippen LogP contribution in [0, 0.1) is 17.0 Å². The van der Waals surface area contributed by atoms with Crippen LogP contribution in [0.5, 0.6) is 0 Å². The zero-order chi connectivity index (χ0) is 14.9. The number of rotatable bonds is 2. The highest BCUT2D eigenvalue weighted by Crippen LogP contribution is 2.48.